The summed E-state index contributed by atoms with van der Waals surface area (Å²) in [5.74, 6) is -13.8. The van der Waals surface area contributed by atoms with Gasteiger partial charge >= 0.3 is 11.9 Å². The molecule has 12 unspecified atom stereocenters. The normalized spacial score (nSPS) is 27.5. The predicted octanol–water partition coefficient (Wildman–Crippen LogP) is -1.33. The van der Waals surface area contributed by atoms with Crippen molar-refractivity contribution in [1.29, 1.82) is 0 Å². The first-order valence-electron chi connectivity index (χ1n) is 30.7. The van der Waals surface area contributed by atoms with Crippen molar-refractivity contribution in [3.8, 4) is 11.5 Å². The Bertz CT molecular complexity index is 3500. The highest BCUT2D eigenvalue weighted by Crippen LogP contribution is 2.35. The van der Waals surface area contributed by atoms with Crippen molar-refractivity contribution in [2.24, 2.45) is 23.7 Å². The van der Waals surface area contributed by atoms with Gasteiger partial charge in [-0.05, 0) is 63.0 Å². The van der Waals surface area contributed by atoms with Crippen LogP contribution in [0.2, 0.25) is 0 Å². The molecule has 1 aliphatic carbocycles. The molecule has 0 radical (unpaired) electrons. The van der Waals surface area contributed by atoms with Crippen LogP contribution in [0.1, 0.15) is 114 Å². The number of rotatable bonds is 8. The van der Waals surface area contributed by atoms with Crippen LogP contribution >= 0.6 is 0 Å². The average Bonchev–Trinajstić information content (AvgIpc) is 0.921. The molecule has 4 saturated heterocycles. The Kier molecular flexibility index (Phi) is 21.5. The molecule has 1 aromatic rings. The molecule has 30 heteroatoms. The van der Waals surface area contributed by atoms with Crippen molar-refractivity contribution < 1.29 is 81.6 Å². The van der Waals surface area contributed by atoms with Crippen molar-refractivity contribution >= 4 is 87.8 Å². The second-order valence-electron chi connectivity index (χ2n) is 26.0. The lowest BCUT2D eigenvalue weighted by Crippen LogP contribution is -2.61. The number of esters is 2. The van der Waals surface area contributed by atoms with Crippen molar-refractivity contribution in [1.82, 2.24) is 55.7 Å². The average molecular weight is 1290 g/mol. The van der Waals surface area contributed by atoms with E-state index in [9.17, 15) is 63.0 Å². The number of aryl methyl sites for hydroxylation is 1. The van der Waals surface area contributed by atoms with Crippen LogP contribution in [0.5, 0.6) is 0 Å². The van der Waals surface area contributed by atoms with Gasteiger partial charge in [0, 0.05) is 59.7 Å². The molecule has 0 aromatic heterocycles. The number of nitrogens with two attached hydrogens (primary N) is 1. The Morgan fingerprint density at radius 3 is 1.43 bits per heavy atom. The number of hydrogen-bond acceptors (Lipinski definition) is 20. The van der Waals surface area contributed by atoms with Gasteiger partial charge < -0.3 is 80.5 Å². The van der Waals surface area contributed by atoms with Gasteiger partial charge in [0.15, 0.2) is 11.3 Å². The van der Waals surface area contributed by atoms with Gasteiger partial charge in [-0.2, -0.15) is 0 Å². The zero-order valence-electron chi connectivity index (χ0n) is 54.8. The first-order chi connectivity index (χ1) is 42.9. The largest absolute Gasteiger partial charge is 0.458 e. The lowest BCUT2D eigenvalue weighted by atomic mass is 9.98. The summed E-state index contributed by atoms with van der Waals surface area (Å²) in [7, 11) is 5.33. The molecule has 0 spiro atoms. The summed E-state index contributed by atoms with van der Waals surface area (Å²) < 4.78 is 18.2. The van der Waals surface area contributed by atoms with E-state index in [1.807, 2.05) is 0 Å². The highest BCUT2D eigenvalue weighted by atomic mass is 16.6. The second kappa shape index (κ2) is 28.0. The van der Waals surface area contributed by atoms with Crippen molar-refractivity contribution in [3.05, 3.63) is 44.6 Å². The molecular weight excluding hydrogens is 1200 g/mol. The molecule has 6 aliphatic rings. The van der Waals surface area contributed by atoms with Crippen molar-refractivity contribution in [3.63, 3.8) is 0 Å². The van der Waals surface area contributed by atoms with E-state index in [1.54, 1.807) is 62.3 Å². The molecule has 5 aliphatic heterocycles. The molecule has 502 valence electrons. The number of anilines is 1. The van der Waals surface area contributed by atoms with Crippen molar-refractivity contribution in [2.45, 2.75) is 169 Å². The lowest BCUT2D eigenvalue weighted by Gasteiger charge is -2.36. The highest BCUT2D eigenvalue weighted by molar-refractivity contribution is 6.10. The third kappa shape index (κ3) is 14.1. The molecule has 1 aromatic carbocycles. The van der Waals surface area contributed by atoms with E-state index in [-0.39, 0.29) is 53.9 Å². The number of aliphatic hydroxyl groups is 2. The summed E-state index contributed by atoms with van der Waals surface area (Å²) in [4.78, 5) is 199. The van der Waals surface area contributed by atoms with Gasteiger partial charge in [0.25, 0.3) is 11.8 Å². The first-order valence-corrected chi connectivity index (χ1v) is 30.7. The summed E-state index contributed by atoms with van der Waals surface area (Å²) in [6.07, 6.45) is -5.89. The van der Waals surface area contributed by atoms with Crippen LogP contribution in [-0.2, 0) is 57.4 Å². The standard InChI is InChI=1S/C62H86N12O18/c1-25(2)42-59(86)73-21-33(75)19-36(73)57(84)69(13)23-38(77)71(15)48(27(5)6)61(88)90-31(11)44(55(82)65-42)67-53(80)35-18-17-29(9)51-46(35)64-47-40(41(63)50(79)30(10)52(47)92-51)54(81)68-45-32(12)91-62(89)49(28(7)8)72(16)39(78)24-70(14)58(85)37-20-34(76)22-74(37)60(87)43(26(3)4)66-56(45)83/h17-18,25-28,31-34,36-37,42-45,48-49,75-76H,19-24,63H2,1-16H3,(H,65,82)(H,66,83)(H,67,80)(H,68,81). The van der Waals surface area contributed by atoms with E-state index >= 15 is 9.59 Å². The third-order valence-electron chi connectivity index (χ3n) is 17.6. The van der Waals surface area contributed by atoms with Crippen LogP contribution in [0, 0.1) is 37.5 Å². The molecule has 8 N–H and O–H groups in total. The number of carbonyl (C=O) groups excluding carboxylic acids is 12. The maximum absolute atomic E-state index is 15.2. The number of amides is 10. The molecule has 10 amide bonds. The SMILES string of the molecule is Cc1c2oc3c(C)ccc(C(=O)NC4C(=O)NC(C(C)C)C(=O)N5CC(O)CC5C(=O)N(C)CC(=O)N(C)C(C(C)C)C(=O)OC4C)c3nc-2c(C(=O)NC2C(=O)NC(C(C)C)C(=O)N3CC(O)CC3C(=O)N(C)CC(=O)N(C)C(C(C)C)C(=O)OC2C)c(N)c1=O. The summed E-state index contributed by atoms with van der Waals surface area (Å²) >= 11 is 0. The van der Waals surface area contributed by atoms with Gasteiger partial charge in [0.05, 0.1) is 42.1 Å². The monoisotopic (exact) mass is 1290 g/mol. The fourth-order valence-corrected chi connectivity index (χ4v) is 12.3. The number of benzene rings is 2. The maximum atomic E-state index is 15.2. The van der Waals surface area contributed by atoms with E-state index in [0.717, 1.165) is 29.4 Å². The Balaban J connectivity index is 1.33. The topological polar surface area (TPSA) is 400 Å². The number of hydrogen-bond donors (Lipinski definition) is 7. The molecule has 0 saturated carbocycles. The highest BCUT2D eigenvalue weighted by Gasteiger charge is 2.48. The number of nitrogen functional groups attached to an aromatic ring is 1. The van der Waals surface area contributed by atoms with Crippen LogP contribution in [0.15, 0.2) is 21.3 Å². The number of aromatic nitrogens is 1. The molecule has 30 nitrogen and oxygen atoms in total. The maximum Gasteiger partial charge on any atom is 0.329 e. The van der Waals surface area contributed by atoms with Crippen LogP contribution in [0.4, 0.5) is 5.69 Å². The van der Waals surface area contributed by atoms with E-state index in [0.29, 0.717) is 5.56 Å². The molecular formula is C62H86N12O18. The summed E-state index contributed by atoms with van der Waals surface area (Å²) in [5.41, 5.74) is 3.20. The minimum absolute atomic E-state index is 0.114. The summed E-state index contributed by atoms with van der Waals surface area (Å²) in [6.45, 7) is 16.7. The molecule has 92 heavy (non-hydrogen) atoms. The smallest absolute Gasteiger partial charge is 0.329 e. The Morgan fingerprint density at radius 2 is 1.03 bits per heavy atom. The molecule has 7 rings (SSSR count). The Hall–Kier alpha value is -8.80. The number of aliphatic hydroxyl groups excluding tert-OH is 2. The van der Waals surface area contributed by atoms with Gasteiger partial charge in [-0.1, -0.05) is 61.5 Å². The van der Waals surface area contributed by atoms with Crippen LogP contribution in [0.25, 0.3) is 22.6 Å². The Morgan fingerprint density at radius 1 is 0.620 bits per heavy atom. The number of likely N-dealkylation sites (N-methyl/N-ethyl adjacent to an activating group) is 4. The van der Waals surface area contributed by atoms with E-state index < -0.39 is 203 Å². The molecule has 0 bridgehead atoms. The zero-order chi connectivity index (χ0) is 68.7. The summed E-state index contributed by atoms with van der Waals surface area (Å²) in [5, 5.41) is 32.1. The van der Waals surface area contributed by atoms with Gasteiger partial charge in [-0.15, -0.1) is 0 Å². The van der Waals surface area contributed by atoms with E-state index in [1.165, 1.54) is 61.1 Å². The minimum atomic E-state index is -1.95. The van der Waals surface area contributed by atoms with Crippen molar-refractivity contribution in [2.75, 3.05) is 60.1 Å². The predicted molar refractivity (Wildman–Crippen MR) is 328 cm³/mol. The molecule has 4 fully saturated rings. The minimum Gasteiger partial charge on any atom is -0.458 e. The van der Waals surface area contributed by atoms with E-state index in [4.69, 9.17) is 24.6 Å². The quantitative estimate of drug-likeness (QED) is 0.0780. The Labute approximate surface area is 531 Å². The van der Waals surface area contributed by atoms with Gasteiger partial charge in [0.1, 0.15) is 71.8 Å². The van der Waals surface area contributed by atoms with Crippen LogP contribution < -0.4 is 32.4 Å². The zero-order valence-corrected chi connectivity index (χ0v) is 54.8. The fourth-order valence-electron chi connectivity index (χ4n) is 12.3. The van der Waals surface area contributed by atoms with Gasteiger partial charge in [-0.3, -0.25) is 52.7 Å². The number of nitrogens with one attached hydrogen (secondary N) is 4. The molecule has 5 heterocycles. The third-order valence-corrected chi connectivity index (χ3v) is 17.6. The fraction of sp³-hybridized carbons (Fsp3) is 0.613. The van der Waals surface area contributed by atoms with Gasteiger partial charge in [0.2, 0.25) is 52.7 Å². The number of ether oxygens (including phenoxy) is 2. The number of fused-ring (bicyclic) bond motifs is 4. The molecule has 12 atom stereocenters. The number of cyclic esters (lactones) is 2. The lowest BCUT2D eigenvalue weighted by molar-refractivity contribution is -0.163. The van der Waals surface area contributed by atoms with E-state index in [2.05, 4.69) is 21.3 Å². The number of carbonyl (C=O) groups is 12. The number of nitrogens with zero attached hydrogens (tertiary/aromatic N) is 7. The second-order valence-corrected chi connectivity index (χ2v) is 26.0. The first kappa shape index (κ1) is 70.7. The summed E-state index contributed by atoms with van der Waals surface area (Å²) in [6, 6.07) is -9.03. The van der Waals surface area contributed by atoms with Crippen LogP contribution in [0.3, 0.4) is 0 Å². The van der Waals surface area contributed by atoms with Gasteiger partial charge in [-0.25, -0.2) is 14.6 Å². The van der Waals surface area contributed by atoms with Crippen LogP contribution in [-0.4, -0.2) is 243 Å².